The molecule has 1 aromatic heterocycles. The molecular formula is C23H31N3O2. The Morgan fingerprint density at radius 1 is 0.643 bits per heavy atom. The Kier molecular flexibility index (Phi) is 5.32. The fourth-order valence-corrected chi connectivity index (χ4v) is 5.25. The van der Waals surface area contributed by atoms with Gasteiger partial charge in [-0.25, -0.2) is 15.0 Å². The van der Waals surface area contributed by atoms with Crippen LogP contribution in [0.4, 0.5) is 0 Å². The second-order valence-corrected chi connectivity index (χ2v) is 8.83. The molecule has 3 heterocycles. The van der Waals surface area contributed by atoms with Crippen molar-refractivity contribution in [3.63, 3.8) is 0 Å². The van der Waals surface area contributed by atoms with Gasteiger partial charge in [0.15, 0.2) is 0 Å². The summed E-state index contributed by atoms with van der Waals surface area (Å²) in [5.74, 6) is 2.74. The predicted octanol–water partition coefficient (Wildman–Crippen LogP) is 4.53. The lowest BCUT2D eigenvalue weighted by Crippen LogP contribution is -2.22. The SMILES string of the molecule is c1cc(C2=N[C@H](C3CCCCC3)CO2)nc(C2=N[C@H](C3CCCCC3)CO2)c1. The van der Waals surface area contributed by atoms with Gasteiger partial charge in [-0.3, -0.25) is 0 Å². The van der Waals surface area contributed by atoms with Crippen LogP contribution >= 0.6 is 0 Å². The Morgan fingerprint density at radius 3 is 1.57 bits per heavy atom. The highest BCUT2D eigenvalue weighted by Gasteiger charge is 2.31. The zero-order chi connectivity index (χ0) is 18.8. The average Bonchev–Trinajstić information content (AvgIpc) is 3.46. The third-order valence-electron chi connectivity index (χ3n) is 6.92. The summed E-state index contributed by atoms with van der Waals surface area (Å²) in [6.07, 6.45) is 13.2. The molecule has 28 heavy (non-hydrogen) atoms. The Morgan fingerprint density at radius 2 is 1.11 bits per heavy atom. The summed E-state index contributed by atoms with van der Waals surface area (Å²) < 4.78 is 11.9. The van der Waals surface area contributed by atoms with Gasteiger partial charge >= 0.3 is 0 Å². The minimum absolute atomic E-state index is 0.302. The van der Waals surface area contributed by atoms with Crippen molar-refractivity contribution in [2.24, 2.45) is 21.8 Å². The summed E-state index contributed by atoms with van der Waals surface area (Å²) in [6.45, 7) is 1.40. The molecule has 150 valence electrons. The molecule has 1 aromatic rings. The molecule has 0 bridgehead atoms. The molecule has 2 saturated carbocycles. The van der Waals surface area contributed by atoms with Gasteiger partial charge in [-0.05, 0) is 49.7 Å². The number of hydrogen-bond donors (Lipinski definition) is 0. The van der Waals surface area contributed by atoms with Crippen LogP contribution in [-0.2, 0) is 9.47 Å². The van der Waals surface area contributed by atoms with Gasteiger partial charge in [-0.15, -0.1) is 0 Å². The first-order valence-electron chi connectivity index (χ1n) is 11.3. The van der Waals surface area contributed by atoms with E-state index in [1.165, 1.54) is 64.2 Å². The number of rotatable bonds is 4. The molecule has 0 aromatic carbocycles. The van der Waals surface area contributed by atoms with Gasteiger partial charge in [0.05, 0.1) is 12.1 Å². The fourth-order valence-electron chi connectivity index (χ4n) is 5.25. The zero-order valence-corrected chi connectivity index (χ0v) is 16.7. The van der Waals surface area contributed by atoms with Crippen LogP contribution in [0.1, 0.15) is 75.6 Å². The first kappa shape index (κ1) is 18.1. The van der Waals surface area contributed by atoms with Crippen LogP contribution in [-0.4, -0.2) is 42.1 Å². The maximum Gasteiger partial charge on any atom is 0.235 e. The summed E-state index contributed by atoms with van der Waals surface area (Å²) in [6, 6.07) is 6.59. The molecule has 5 heteroatoms. The Balaban J connectivity index is 1.30. The van der Waals surface area contributed by atoms with Gasteiger partial charge in [-0.2, -0.15) is 0 Å². The summed E-state index contributed by atoms with van der Waals surface area (Å²) in [5, 5.41) is 0. The molecule has 0 radical (unpaired) electrons. The van der Waals surface area contributed by atoms with E-state index in [-0.39, 0.29) is 0 Å². The van der Waals surface area contributed by atoms with E-state index in [1.807, 2.05) is 18.2 Å². The number of ether oxygens (including phenoxy) is 2. The summed E-state index contributed by atoms with van der Waals surface area (Å²) in [7, 11) is 0. The third kappa shape index (κ3) is 3.81. The molecule has 2 fully saturated rings. The van der Waals surface area contributed by atoms with Crippen molar-refractivity contribution in [3.05, 3.63) is 29.6 Å². The van der Waals surface area contributed by atoms with Crippen molar-refractivity contribution >= 4 is 11.8 Å². The van der Waals surface area contributed by atoms with E-state index >= 15 is 0 Å². The molecule has 0 spiro atoms. The number of aliphatic imine (C=N–C) groups is 2. The van der Waals surface area contributed by atoms with E-state index in [1.54, 1.807) is 0 Å². The highest BCUT2D eigenvalue weighted by Crippen LogP contribution is 2.32. The molecule has 4 aliphatic rings. The molecule has 0 unspecified atom stereocenters. The summed E-state index contributed by atoms with van der Waals surface area (Å²) in [4.78, 5) is 14.6. The molecular weight excluding hydrogens is 350 g/mol. The number of nitrogens with zero attached hydrogens (tertiary/aromatic N) is 3. The number of hydrogen-bond acceptors (Lipinski definition) is 5. The standard InChI is InChI=1S/C23H31N3O2/c1-3-8-16(9-4-1)20-14-27-22(25-20)18-12-7-13-19(24-18)23-26-21(15-28-23)17-10-5-2-6-11-17/h7,12-13,16-17,20-21H,1-6,8-11,14-15H2/t20-,21-/m0/s1. The van der Waals surface area contributed by atoms with Crippen LogP contribution in [0.15, 0.2) is 28.2 Å². The van der Waals surface area contributed by atoms with Gasteiger partial charge in [0.1, 0.15) is 24.6 Å². The second-order valence-electron chi connectivity index (χ2n) is 8.83. The lowest BCUT2D eigenvalue weighted by molar-refractivity contribution is 0.240. The Hall–Kier alpha value is -1.91. The smallest absolute Gasteiger partial charge is 0.235 e. The first-order chi connectivity index (χ1) is 13.9. The lowest BCUT2D eigenvalue weighted by atomic mass is 9.84. The van der Waals surface area contributed by atoms with Gasteiger partial charge in [0.25, 0.3) is 0 Å². The van der Waals surface area contributed by atoms with E-state index < -0.39 is 0 Å². The summed E-state index contributed by atoms with van der Waals surface area (Å²) >= 11 is 0. The molecule has 2 atom stereocenters. The Bertz CT molecular complexity index is 689. The average molecular weight is 382 g/mol. The van der Waals surface area contributed by atoms with Crippen molar-refractivity contribution in [2.75, 3.05) is 13.2 Å². The molecule has 5 rings (SSSR count). The predicted molar refractivity (Wildman–Crippen MR) is 110 cm³/mol. The molecule has 0 amide bonds. The van der Waals surface area contributed by atoms with Crippen LogP contribution in [0, 0.1) is 11.8 Å². The zero-order valence-electron chi connectivity index (χ0n) is 16.7. The highest BCUT2D eigenvalue weighted by atomic mass is 16.5. The van der Waals surface area contributed by atoms with Crippen molar-refractivity contribution in [3.8, 4) is 0 Å². The van der Waals surface area contributed by atoms with Crippen molar-refractivity contribution in [1.29, 1.82) is 0 Å². The molecule has 0 saturated heterocycles. The first-order valence-corrected chi connectivity index (χ1v) is 11.3. The highest BCUT2D eigenvalue weighted by molar-refractivity contribution is 5.97. The Labute approximate surface area is 167 Å². The maximum absolute atomic E-state index is 5.95. The topological polar surface area (TPSA) is 56.1 Å². The van der Waals surface area contributed by atoms with E-state index in [9.17, 15) is 0 Å². The number of pyridine rings is 1. The van der Waals surface area contributed by atoms with Crippen molar-refractivity contribution < 1.29 is 9.47 Å². The van der Waals surface area contributed by atoms with Crippen molar-refractivity contribution in [1.82, 2.24) is 4.98 Å². The fraction of sp³-hybridized carbons (Fsp3) is 0.696. The molecule has 0 N–H and O–H groups in total. The van der Waals surface area contributed by atoms with Gasteiger partial charge < -0.3 is 9.47 Å². The van der Waals surface area contributed by atoms with E-state index in [0.717, 1.165) is 11.4 Å². The van der Waals surface area contributed by atoms with Crippen LogP contribution in [0.2, 0.25) is 0 Å². The van der Waals surface area contributed by atoms with Crippen LogP contribution in [0.3, 0.4) is 0 Å². The molecule has 2 aliphatic heterocycles. The van der Waals surface area contributed by atoms with E-state index in [4.69, 9.17) is 24.4 Å². The van der Waals surface area contributed by atoms with Crippen molar-refractivity contribution in [2.45, 2.75) is 76.3 Å². The largest absolute Gasteiger partial charge is 0.474 e. The van der Waals surface area contributed by atoms with Gasteiger partial charge in [0.2, 0.25) is 11.8 Å². The molecule has 2 aliphatic carbocycles. The monoisotopic (exact) mass is 381 g/mol. The second kappa shape index (κ2) is 8.22. The third-order valence-corrected chi connectivity index (χ3v) is 6.92. The molecule has 5 nitrogen and oxygen atoms in total. The van der Waals surface area contributed by atoms with E-state index in [2.05, 4.69) is 0 Å². The van der Waals surface area contributed by atoms with Crippen LogP contribution in [0.5, 0.6) is 0 Å². The minimum atomic E-state index is 0.302. The maximum atomic E-state index is 5.95. The summed E-state index contributed by atoms with van der Waals surface area (Å²) in [5.41, 5.74) is 1.62. The quantitative estimate of drug-likeness (QED) is 0.770. The lowest BCUT2D eigenvalue weighted by Gasteiger charge is -2.24. The van der Waals surface area contributed by atoms with Gasteiger partial charge in [-0.1, -0.05) is 44.6 Å². The van der Waals surface area contributed by atoms with Gasteiger partial charge in [0, 0.05) is 0 Å². The van der Waals surface area contributed by atoms with Crippen LogP contribution < -0.4 is 0 Å². The normalized spacial score (nSPS) is 29.1. The van der Waals surface area contributed by atoms with E-state index in [0.29, 0.717) is 48.9 Å². The number of aromatic nitrogens is 1. The minimum Gasteiger partial charge on any atom is -0.474 e. The van der Waals surface area contributed by atoms with Crippen LogP contribution in [0.25, 0.3) is 0 Å².